The van der Waals surface area contributed by atoms with Crippen molar-refractivity contribution in [1.82, 2.24) is 5.01 Å². The van der Waals surface area contributed by atoms with Gasteiger partial charge < -0.3 is 5.73 Å². The first-order chi connectivity index (χ1) is 7.65. The summed E-state index contributed by atoms with van der Waals surface area (Å²) in [5, 5.41) is 1.74. The number of amides is 1. The van der Waals surface area contributed by atoms with E-state index < -0.39 is 5.41 Å². The third-order valence-electron chi connectivity index (χ3n) is 3.45. The van der Waals surface area contributed by atoms with Crippen LogP contribution < -0.4 is 11.6 Å². The molecule has 0 spiro atoms. The molecule has 0 bridgehead atoms. The fourth-order valence-electron chi connectivity index (χ4n) is 2.34. The van der Waals surface area contributed by atoms with Gasteiger partial charge in [-0.15, -0.1) is 0 Å². The van der Waals surface area contributed by atoms with Crippen LogP contribution in [0, 0.1) is 0 Å². The van der Waals surface area contributed by atoms with Crippen LogP contribution in [0.3, 0.4) is 0 Å². The third kappa shape index (κ3) is 1.81. The van der Waals surface area contributed by atoms with E-state index in [-0.39, 0.29) is 5.91 Å². The first-order valence-corrected chi connectivity index (χ1v) is 5.50. The summed E-state index contributed by atoms with van der Waals surface area (Å²) in [5.74, 6) is 5.47. The number of piperidine rings is 1. The molecule has 1 saturated heterocycles. The summed E-state index contributed by atoms with van der Waals surface area (Å²) in [4.78, 5) is 11.7. The first kappa shape index (κ1) is 11.1. The van der Waals surface area contributed by atoms with Crippen molar-refractivity contribution >= 4 is 5.91 Å². The Morgan fingerprint density at radius 3 is 2.25 bits per heavy atom. The number of hydrazine groups is 1. The van der Waals surface area contributed by atoms with Crippen LogP contribution in [0.15, 0.2) is 30.3 Å². The second-order valence-electron chi connectivity index (χ2n) is 4.35. The van der Waals surface area contributed by atoms with Gasteiger partial charge in [0.25, 0.3) is 0 Å². The van der Waals surface area contributed by atoms with Crippen molar-refractivity contribution in [2.24, 2.45) is 11.6 Å². The lowest BCUT2D eigenvalue weighted by Crippen LogP contribution is -2.51. The number of nitrogens with zero attached hydrogens (tertiary/aromatic N) is 1. The van der Waals surface area contributed by atoms with E-state index >= 15 is 0 Å². The number of rotatable bonds is 2. The van der Waals surface area contributed by atoms with E-state index in [1.165, 1.54) is 0 Å². The Balaban J connectivity index is 2.34. The smallest absolute Gasteiger partial charge is 0.228 e. The predicted octanol–water partition coefficient (Wildman–Crippen LogP) is 0.379. The van der Waals surface area contributed by atoms with Crippen LogP contribution in [0.2, 0.25) is 0 Å². The number of hydrogen-bond donors (Lipinski definition) is 2. The normalized spacial score (nSPS) is 20.6. The molecule has 0 aliphatic carbocycles. The highest BCUT2D eigenvalue weighted by atomic mass is 16.1. The molecule has 2 rings (SSSR count). The minimum Gasteiger partial charge on any atom is -0.369 e. The molecule has 86 valence electrons. The van der Waals surface area contributed by atoms with Gasteiger partial charge in [-0.2, -0.15) is 0 Å². The van der Waals surface area contributed by atoms with Crippen molar-refractivity contribution in [3.05, 3.63) is 35.9 Å². The number of primary amides is 1. The van der Waals surface area contributed by atoms with Gasteiger partial charge in [-0.25, -0.2) is 5.01 Å². The Labute approximate surface area is 95.2 Å². The van der Waals surface area contributed by atoms with E-state index in [9.17, 15) is 4.79 Å². The number of carbonyl (C=O) groups is 1. The summed E-state index contributed by atoms with van der Waals surface area (Å²) in [7, 11) is 0. The van der Waals surface area contributed by atoms with Crippen LogP contribution in [0.5, 0.6) is 0 Å². The largest absolute Gasteiger partial charge is 0.369 e. The average molecular weight is 219 g/mol. The molecule has 1 heterocycles. The fourth-order valence-corrected chi connectivity index (χ4v) is 2.34. The summed E-state index contributed by atoms with van der Waals surface area (Å²) in [6.07, 6.45) is 1.39. The van der Waals surface area contributed by atoms with Gasteiger partial charge in [-0.3, -0.25) is 10.6 Å². The summed E-state index contributed by atoms with van der Waals surface area (Å²) in [6, 6.07) is 9.76. The predicted molar refractivity (Wildman–Crippen MR) is 62.3 cm³/mol. The van der Waals surface area contributed by atoms with Gasteiger partial charge in [0.05, 0.1) is 5.41 Å². The molecule has 1 amide bonds. The molecule has 0 atom stereocenters. The van der Waals surface area contributed by atoms with Crippen molar-refractivity contribution in [2.45, 2.75) is 18.3 Å². The lowest BCUT2D eigenvalue weighted by atomic mass is 9.72. The van der Waals surface area contributed by atoms with Crippen molar-refractivity contribution in [1.29, 1.82) is 0 Å². The number of nitrogens with two attached hydrogens (primary N) is 2. The molecule has 1 fully saturated rings. The van der Waals surface area contributed by atoms with Gasteiger partial charge >= 0.3 is 0 Å². The number of carbonyl (C=O) groups excluding carboxylic acids is 1. The molecule has 0 saturated carbocycles. The van der Waals surface area contributed by atoms with Crippen molar-refractivity contribution in [3.63, 3.8) is 0 Å². The molecule has 4 N–H and O–H groups in total. The quantitative estimate of drug-likeness (QED) is 0.706. The zero-order chi connectivity index (χ0) is 11.6. The van der Waals surface area contributed by atoms with Gasteiger partial charge in [0, 0.05) is 13.1 Å². The first-order valence-electron chi connectivity index (χ1n) is 5.50. The van der Waals surface area contributed by atoms with Gasteiger partial charge in [0.2, 0.25) is 5.91 Å². The Morgan fingerprint density at radius 1 is 1.19 bits per heavy atom. The van der Waals surface area contributed by atoms with Crippen molar-refractivity contribution < 1.29 is 4.79 Å². The fraction of sp³-hybridized carbons (Fsp3) is 0.417. The molecule has 1 aliphatic heterocycles. The topological polar surface area (TPSA) is 72.4 Å². The van der Waals surface area contributed by atoms with Crippen LogP contribution in [-0.2, 0) is 10.2 Å². The minimum atomic E-state index is -0.531. The van der Waals surface area contributed by atoms with E-state index in [1.54, 1.807) is 5.01 Å². The summed E-state index contributed by atoms with van der Waals surface area (Å²) in [5.41, 5.74) is 6.06. The molecule has 1 aromatic carbocycles. The van der Waals surface area contributed by atoms with Crippen LogP contribution >= 0.6 is 0 Å². The molecular weight excluding hydrogens is 202 g/mol. The molecule has 1 aliphatic rings. The maximum Gasteiger partial charge on any atom is 0.228 e. The average Bonchev–Trinajstić information content (AvgIpc) is 2.31. The number of hydrogen-bond acceptors (Lipinski definition) is 3. The Morgan fingerprint density at radius 2 is 1.75 bits per heavy atom. The van der Waals surface area contributed by atoms with Gasteiger partial charge in [0.1, 0.15) is 0 Å². The van der Waals surface area contributed by atoms with Crippen LogP contribution in [0.1, 0.15) is 18.4 Å². The Hall–Kier alpha value is -1.39. The summed E-state index contributed by atoms with van der Waals surface area (Å²) < 4.78 is 0. The third-order valence-corrected chi connectivity index (χ3v) is 3.45. The second kappa shape index (κ2) is 4.23. The lowest BCUT2D eigenvalue weighted by Gasteiger charge is -2.38. The molecule has 16 heavy (non-hydrogen) atoms. The molecule has 4 heteroatoms. The van der Waals surface area contributed by atoms with Crippen LogP contribution in [-0.4, -0.2) is 24.0 Å². The molecule has 0 unspecified atom stereocenters. The second-order valence-corrected chi connectivity index (χ2v) is 4.35. The van der Waals surface area contributed by atoms with E-state index in [0.29, 0.717) is 25.9 Å². The minimum absolute atomic E-state index is 0.244. The molecular formula is C12H17N3O. The highest BCUT2D eigenvalue weighted by molar-refractivity contribution is 5.86. The number of benzene rings is 1. The lowest BCUT2D eigenvalue weighted by molar-refractivity contribution is -0.125. The van der Waals surface area contributed by atoms with E-state index in [1.807, 2.05) is 30.3 Å². The van der Waals surface area contributed by atoms with E-state index in [4.69, 9.17) is 11.6 Å². The highest BCUT2D eigenvalue weighted by Crippen LogP contribution is 2.34. The Kier molecular flexibility index (Phi) is 2.94. The van der Waals surface area contributed by atoms with Gasteiger partial charge in [0.15, 0.2) is 0 Å². The van der Waals surface area contributed by atoms with Crippen molar-refractivity contribution in [2.75, 3.05) is 13.1 Å². The maximum atomic E-state index is 11.7. The van der Waals surface area contributed by atoms with Crippen LogP contribution in [0.25, 0.3) is 0 Å². The monoisotopic (exact) mass is 219 g/mol. The highest BCUT2D eigenvalue weighted by Gasteiger charge is 2.40. The van der Waals surface area contributed by atoms with Gasteiger partial charge in [-0.05, 0) is 18.4 Å². The van der Waals surface area contributed by atoms with E-state index in [0.717, 1.165) is 5.56 Å². The maximum absolute atomic E-state index is 11.7. The summed E-state index contributed by atoms with van der Waals surface area (Å²) in [6.45, 7) is 1.41. The SMILES string of the molecule is NC(=O)C1(c2ccccc2)CCN(N)CC1. The van der Waals surface area contributed by atoms with Crippen LogP contribution in [0.4, 0.5) is 0 Å². The standard InChI is InChI=1S/C12H17N3O/c13-11(16)12(6-8-15(14)9-7-12)10-4-2-1-3-5-10/h1-5H,6-9,14H2,(H2,13,16). The molecule has 0 radical (unpaired) electrons. The Bertz CT molecular complexity index is 369. The molecule has 4 nitrogen and oxygen atoms in total. The zero-order valence-corrected chi connectivity index (χ0v) is 9.23. The van der Waals surface area contributed by atoms with Crippen molar-refractivity contribution in [3.8, 4) is 0 Å². The molecule has 1 aromatic rings. The van der Waals surface area contributed by atoms with Gasteiger partial charge in [-0.1, -0.05) is 30.3 Å². The van der Waals surface area contributed by atoms with E-state index in [2.05, 4.69) is 0 Å². The zero-order valence-electron chi connectivity index (χ0n) is 9.23. The summed E-state index contributed by atoms with van der Waals surface area (Å²) >= 11 is 0. The molecule has 0 aromatic heterocycles.